The lowest BCUT2D eigenvalue weighted by Crippen LogP contribution is -2.37. The van der Waals surface area contributed by atoms with Gasteiger partial charge in [-0.3, -0.25) is 9.59 Å². The number of nitrogens with one attached hydrogen (secondary N) is 1. The molecule has 1 saturated heterocycles. The summed E-state index contributed by atoms with van der Waals surface area (Å²) in [4.78, 5) is 28.2. The van der Waals surface area contributed by atoms with E-state index in [1.54, 1.807) is 17.2 Å². The number of furan rings is 1. The number of likely N-dealkylation sites (N-methyl/N-ethyl adjacent to an activating group) is 1. The van der Waals surface area contributed by atoms with Gasteiger partial charge < -0.3 is 19.5 Å². The highest BCUT2D eigenvalue weighted by Gasteiger charge is 2.34. The molecule has 1 aromatic carbocycles. The molecule has 1 atom stereocenters. The fourth-order valence-electron chi connectivity index (χ4n) is 2.99. The van der Waals surface area contributed by atoms with E-state index in [4.69, 9.17) is 4.42 Å². The summed E-state index contributed by atoms with van der Waals surface area (Å²) in [7, 11) is 1.99. The molecule has 1 aliphatic heterocycles. The van der Waals surface area contributed by atoms with Gasteiger partial charge in [0, 0.05) is 38.8 Å². The Balaban J connectivity index is 1.43. The van der Waals surface area contributed by atoms with Crippen LogP contribution < -0.4 is 10.2 Å². The maximum absolute atomic E-state index is 12.3. The molecule has 25 heavy (non-hydrogen) atoms. The van der Waals surface area contributed by atoms with Crippen LogP contribution in [0.15, 0.2) is 53.1 Å². The minimum Gasteiger partial charge on any atom is -0.467 e. The normalized spacial score (nSPS) is 16.9. The van der Waals surface area contributed by atoms with E-state index >= 15 is 0 Å². The molecule has 0 radical (unpaired) electrons. The summed E-state index contributed by atoms with van der Waals surface area (Å²) in [5.41, 5.74) is 1.11. The molecule has 0 unspecified atom stereocenters. The quantitative estimate of drug-likeness (QED) is 0.835. The van der Waals surface area contributed by atoms with Crippen molar-refractivity contribution < 1.29 is 14.0 Å². The summed E-state index contributed by atoms with van der Waals surface area (Å²) in [6, 6.07) is 13.6. The molecule has 1 N–H and O–H groups in total. The van der Waals surface area contributed by atoms with Crippen molar-refractivity contribution in [2.75, 3.05) is 31.6 Å². The number of benzene rings is 1. The topological polar surface area (TPSA) is 65.8 Å². The molecular formula is C19H23N3O3. The standard InChI is InChI=1S/C19H23N3O3/c1-21(16-6-3-2-4-7-16)10-9-20-19(24)15-12-18(23)22(13-15)14-17-8-5-11-25-17/h2-8,11,15H,9-10,12-14H2,1H3,(H,20,24)/t15-/m1/s1. The SMILES string of the molecule is CN(CCNC(=O)[C@@H]1CC(=O)N(Cc2ccco2)C1)c1ccccc1. The molecule has 1 fully saturated rings. The van der Waals surface area contributed by atoms with E-state index < -0.39 is 0 Å². The lowest BCUT2D eigenvalue weighted by Gasteiger charge is -2.20. The average molecular weight is 341 g/mol. The Hall–Kier alpha value is -2.76. The first kappa shape index (κ1) is 17.1. The summed E-state index contributed by atoms with van der Waals surface area (Å²) in [5.74, 6) is 0.387. The van der Waals surface area contributed by atoms with Crippen molar-refractivity contribution in [2.45, 2.75) is 13.0 Å². The van der Waals surface area contributed by atoms with Gasteiger partial charge in [-0.1, -0.05) is 18.2 Å². The summed E-state index contributed by atoms with van der Waals surface area (Å²) < 4.78 is 5.27. The van der Waals surface area contributed by atoms with Crippen molar-refractivity contribution >= 4 is 17.5 Å². The predicted molar refractivity (Wildman–Crippen MR) is 95.0 cm³/mol. The van der Waals surface area contributed by atoms with E-state index in [0.29, 0.717) is 26.2 Å². The zero-order chi connectivity index (χ0) is 17.6. The number of carbonyl (C=O) groups excluding carboxylic acids is 2. The monoisotopic (exact) mass is 341 g/mol. The van der Waals surface area contributed by atoms with Crippen LogP contribution in [0.3, 0.4) is 0 Å². The Morgan fingerprint density at radius 3 is 2.80 bits per heavy atom. The Bertz CT molecular complexity index is 700. The van der Waals surface area contributed by atoms with Crippen molar-refractivity contribution in [3.05, 3.63) is 54.5 Å². The lowest BCUT2D eigenvalue weighted by molar-refractivity contribution is -0.129. The number of nitrogens with zero attached hydrogens (tertiary/aromatic N) is 2. The molecule has 0 saturated carbocycles. The van der Waals surface area contributed by atoms with Gasteiger partial charge in [0.25, 0.3) is 0 Å². The fraction of sp³-hybridized carbons (Fsp3) is 0.368. The molecule has 2 aromatic rings. The molecule has 2 amide bonds. The molecule has 0 bridgehead atoms. The second-order valence-corrected chi connectivity index (χ2v) is 6.30. The van der Waals surface area contributed by atoms with Crippen LogP contribution in [0.1, 0.15) is 12.2 Å². The molecule has 1 aliphatic rings. The fourth-order valence-corrected chi connectivity index (χ4v) is 2.99. The number of likely N-dealkylation sites (tertiary alicyclic amines) is 1. The molecule has 132 valence electrons. The highest BCUT2D eigenvalue weighted by molar-refractivity contribution is 5.89. The Kier molecular flexibility index (Phi) is 5.38. The lowest BCUT2D eigenvalue weighted by atomic mass is 10.1. The molecule has 3 rings (SSSR count). The molecule has 6 heteroatoms. The number of hydrogen-bond acceptors (Lipinski definition) is 4. The smallest absolute Gasteiger partial charge is 0.225 e. The van der Waals surface area contributed by atoms with Crippen molar-refractivity contribution in [3.8, 4) is 0 Å². The Morgan fingerprint density at radius 2 is 2.08 bits per heavy atom. The van der Waals surface area contributed by atoms with Gasteiger partial charge in [0.2, 0.25) is 11.8 Å². The van der Waals surface area contributed by atoms with Crippen LogP contribution in [0.5, 0.6) is 0 Å². The molecular weight excluding hydrogens is 318 g/mol. The summed E-state index contributed by atoms with van der Waals surface area (Å²) >= 11 is 0. The number of amides is 2. The van der Waals surface area contributed by atoms with Crippen molar-refractivity contribution in [2.24, 2.45) is 5.92 Å². The van der Waals surface area contributed by atoms with Crippen molar-refractivity contribution in [1.29, 1.82) is 0 Å². The van der Waals surface area contributed by atoms with Crippen LogP contribution in [-0.2, 0) is 16.1 Å². The third-order valence-electron chi connectivity index (χ3n) is 4.46. The Morgan fingerprint density at radius 1 is 1.28 bits per heavy atom. The molecule has 0 spiro atoms. The van der Waals surface area contributed by atoms with Crippen molar-refractivity contribution in [1.82, 2.24) is 10.2 Å². The minimum atomic E-state index is -0.288. The van der Waals surface area contributed by atoms with E-state index in [-0.39, 0.29) is 24.2 Å². The maximum atomic E-state index is 12.3. The predicted octanol–water partition coefficient (Wildman–Crippen LogP) is 1.88. The molecule has 0 aliphatic carbocycles. The van der Waals surface area contributed by atoms with E-state index in [1.165, 1.54) is 0 Å². The first-order chi connectivity index (χ1) is 12.1. The van der Waals surface area contributed by atoms with E-state index in [9.17, 15) is 9.59 Å². The largest absolute Gasteiger partial charge is 0.467 e. The van der Waals surface area contributed by atoms with E-state index in [2.05, 4.69) is 10.2 Å². The van der Waals surface area contributed by atoms with Crippen LogP contribution in [0, 0.1) is 5.92 Å². The molecule has 2 heterocycles. The summed E-state index contributed by atoms with van der Waals surface area (Å²) in [5, 5.41) is 2.94. The van der Waals surface area contributed by atoms with Crippen LogP contribution in [0.2, 0.25) is 0 Å². The molecule has 1 aromatic heterocycles. The maximum Gasteiger partial charge on any atom is 0.225 e. The van der Waals surface area contributed by atoms with Crippen LogP contribution >= 0.6 is 0 Å². The molecule has 6 nitrogen and oxygen atoms in total. The Labute approximate surface area is 147 Å². The number of rotatable bonds is 7. The highest BCUT2D eigenvalue weighted by Crippen LogP contribution is 2.20. The van der Waals surface area contributed by atoms with Gasteiger partial charge in [0.15, 0.2) is 0 Å². The average Bonchev–Trinajstić information content (AvgIpc) is 3.26. The zero-order valence-corrected chi connectivity index (χ0v) is 14.4. The van der Waals surface area contributed by atoms with Gasteiger partial charge in [0.05, 0.1) is 18.7 Å². The number of hydrogen-bond donors (Lipinski definition) is 1. The number of para-hydroxylation sites is 1. The van der Waals surface area contributed by atoms with E-state index in [1.807, 2.05) is 43.4 Å². The van der Waals surface area contributed by atoms with Gasteiger partial charge >= 0.3 is 0 Å². The van der Waals surface area contributed by atoms with Crippen LogP contribution in [0.4, 0.5) is 5.69 Å². The van der Waals surface area contributed by atoms with Gasteiger partial charge in [-0.2, -0.15) is 0 Å². The van der Waals surface area contributed by atoms with Gasteiger partial charge in [-0.25, -0.2) is 0 Å². The minimum absolute atomic E-state index is 0.00189. The first-order valence-electron chi connectivity index (χ1n) is 8.47. The number of anilines is 1. The first-order valence-corrected chi connectivity index (χ1v) is 8.47. The zero-order valence-electron chi connectivity index (χ0n) is 14.4. The van der Waals surface area contributed by atoms with Crippen LogP contribution in [0.25, 0.3) is 0 Å². The van der Waals surface area contributed by atoms with Crippen molar-refractivity contribution in [3.63, 3.8) is 0 Å². The third-order valence-corrected chi connectivity index (χ3v) is 4.46. The highest BCUT2D eigenvalue weighted by atomic mass is 16.3. The van der Waals surface area contributed by atoms with Crippen LogP contribution in [-0.4, -0.2) is 43.4 Å². The second kappa shape index (κ2) is 7.88. The van der Waals surface area contributed by atoms with Gasteiger partial charge in [-0.05, 0) is 24.3 Å². The van der Waals surface area contributed by atoms with E-state index in [0.717, 1.165) is 11.4 Å². The summed E-state index contributed by atoms with van der Waals surface area (Å²) in [6.07, 6.45) is 1.85. The third kappa shape index (κ3) is 4.41. The second-order valence-electron chi connectivity index (χ2n) is 6.30. The number of carbonyl (C=O) groups is 2. The van der Waals surface area contributed by atoms with Gasteiger partial charge in [-0.15, -0.1) is 0 Å². The summed E-state index contributed by atoms with van der Waals surface area (Å²) in [6.45, 7) is 2.13. The van der Waals surface area contributed by atoms with Gasteiger partial charge in [0.1, 0.15) is 5.76 Å².